The fourth-order valence-electron chi connectivity index (χ4n) is 1.68. The molecule has 1 aromatic carbocycles. The van der Waals surface area contributed by atoms with Crippen molar-refractivity contribution in [2.24, 2.45) is 0 Å². The molecule has 0 amide bonds. The average Bonchev–Trinajstić information content (AvgIpc) is 2.97. The number of nitrogens with one attached hydrogen (secondary N) is 1. The van der Waals surface area contributed by atoms with Crippen LogP contribution in [0.5, 0.6) is 0 Å². The molecule has 0 aliphatic carbocycles. The molecular weight excluding hydrogens is 312 g/mol. The lowest BCUT2D eigenvalue weighted by molar-refractivity contribution is 0.638. The number of hydrogen-bond donors (Lipinski definition) is 1. The first-order chi connectivity index (χ1) is 8.81. The first-order valence-corrected chi connectivity index (χ1v) is 7.19. The standard InChI is InChI=1S/C12H11BrN4S/c13-9-2-3-10-11(8-9)18-12(16-10)14-5-7-17-6-1-4-15-17/h1-4,6,8H,5,7H2,(H,14,16). The normalized spacial score (nSPS) is 10.9. The Kier molecular flexibility index (Phi) is 3.29. The van der Waals surface area contributed by atoms with Gasteiger partial charge in [-0.25, -0.2) is 4.98 Å². The molecule has 0 aliphatic heterocycles. The zero-order valence-electron chi connectivity index (χ0n) is 9.51. The van der Waals surface area contributed by atoms with E-state index in [1.54, 1.807) is 17.5 Å². The summed E-state index contributed by atoms with van der Waals surface area (Å²) in [4.78, 5) is 4.53. The number of nitrogens with zero attached hydrogens (tertiary/aromatic N) is 3. The topological polar surface area (TPSA) is 42.7 Å². The molecular formula is C12H11BrN4S. The maximum atomic E-state index is 4.53. The molecule has 0 atom stereocenters. The summed E-state index contributed by atoms with van der Waals surface area (Å²) in [5, 5.41) is 8.43. The van der Waals surface area contributed by atoms with Crippen molar-refractivity contribution in [1.29, 1.82) is 0 Å². The van der Waals surface area contributed by atoms with Gasteiger partial charge in [0.15, 0.2) is 5.13 Å². The van der Waals surface area contributed by atoms with Gasteiger partial charge in [0.1, 0.15) is 0 Å². The largest absolute Gasteiger partial charge is 0.360 e. The quantitative estimate of drug-likeness (QED) is 0.800. The zero-order valence-corrected chi connectivity index (χ0v) is 11.9. The highest BCUT2D eigenvalue weighted by Crippen LogP contribution is 2.28. The summed E-state index contributed by atoms with van der Waals surface area (Å²) < 4.78 is 4.17. The summed E-state index contributed by atoms with van der Waals surface area (Å²) >= 11 is 5.13. The van der Waals surface area contributed by atoms with Gasteiger partial charge in [-0.15, -0.1) is 0 Å². The molecule has 0 radical (unpaired) electrons. The molecule has 4 nitrogen and oxygen atoms in total. The Morgan fingerprint density at radius 3 is 3.17 bits per heavy atom. The van der Waals surface area contributed by atoms with Gasteiger partial charge in [-0.1, -0.05) is 27.3 Å². The van der Waals surface area contributed by atoms with Gasteiger partial charge in [-0.2, -0.15) is 5.10 Å². The Hall–Kier alpha value is -1.40. The van der Waals surface area contributed by atoms with E-state index in [4.69, 9.17) is 0 Å². The van der Waals surface area contributed by atoms with E-state index in [9.17, 15) is 0 Å². The van der Waals surface area contributed by atoms with Crippen LogP contribution in [-0.4, -0.2) is 21.3 Å². The van der Waals surface area contributed by atoms with Crippen molar-refractivity contribution in [2.45, 2.75) is 6.54 Å². The summed E-state index contributed by atoms with van der Waals surface area (Å²) in [6.07, 6.45) is 3.74. The second-order valence-corrected chi connectivity index (χ2v) is 5.77. The first-order valence-electron chi connectivity index (χ1n) is 5.59. The fourth-order valence-corrected chi connectivity index (χ4v) is 3.13. The van der Waals surface area contributed by atoms with Crippen molar-refractivity contribution in [3.8, 4) is 0 Å². The van der Waals surface area contributed by atoms with E-state index in [0.717, 1.165) is 28.2 Å². The van der Waals surface area contributed by atoms with Crippen molar-refractivity contribution in [3.63, 3.8) is 0 Å². The molecule has 18 heavy (non-hydrogen) atoms. The molecule has 0 saturated carbocycles. The molecule has 2 heterocycles. The van der Waals surface area contributed by atoms with Crippen molar-refractivity contribution in [2.75, 3.05) is 11.9 Å². The number of hydrogen-bond acceptors (Lipinski definition) is 4. The lowest BCUT2D eigenvalue weighted by Crippen LogP contribution is -2.10. The molecule has 0 bridgehead atoms. The number of rotatable bonds is 4. The number of benzene rings is 1. The Labute approximate surface area is 117 Å². The van der Waals surface area contributed by atoms with Gasteiger partial charge >= 0.3 is 0 Å². The Morgan fingerprint density at radius 1 is 1.39 bits per heavy atom. The summed E-state index contributed by atoms with van der Waals surface area (Å²) in [5.74, 6) is 0. The Balaban J connectivity index is 1.67. The van der Waals surface area contributed by atoms with Gasteiger partial charge in [0.25, 0.3) is 0 Å². The Bertz CT molecular complexity index is 647. The van der Waals surface area contributed by atoms with Crippen LogP contribution in [0.2, 0.25) is 0 Å². The van der Waals surface area contributed by atoms with Gasteiger partial charge in [0.2, 0.25) is 0 Å². The Morgan fingerprint density at radius 2 is 2.33 bits per heavy atom. The minimum atomic E-state index is 0.822. The second-order valence-electron chi connectivity index (χ2n) is 3.83. The van der Waals surface area contributed by atoms with E-state index in [0.29, 0.717) is 0 Å². The smallest absolute Gasteiger partial charge is 0.183 e. The molecule has 1 N–H and O–H groups in total. The highest BCUT2D eigenvalue weighted by molar-refractivity contribution is 9.10. The maximum absolute atomic E-state index is 4.53. The average molecular weight is 323 g/mol. The predicted octanol–water partition coefficient (Wildman–Crippen LogP) is 3.37. The van der Waals surface area contributed by atoms with E-state index in [-0.39, 0.29) is 0 Å². The number of fused-ring (bicyclic) bond motifs is 1. The minimum Gasteiger partial charge on any atom is -0.360 e. The number of aromatic nitrogens is 3. The van der Waals surface area contributed by atoms with Crippen molar-refractivity contribution in [3.05, 3.63) is 41.1 Å². The molecule has 3 rings (SSSR count). The van der Waals surface area contributed by atoms with Crippen LogP contribution in [-0.2, 0) is 6.54 Å². The third kappa shape index (κ3) is 2.54. The highest BCUT2D eigenvalue weighted by atomic mass is 79.9. The van der Waals surface area contributed by atoms with Crippen molar-refractivity contribution >= 4 is 42.6 Å². The van der Waals surface area contributed by atoms with Crippen molar-refractivity contribution < 1.29 is 0 Å². The minimum absolute atomic E-state index is 0.822. The first kappa shape index (κ1) is 11.7. The van der Waals surface area contributed by atoms with E-state index in [1.807, 2.05) is 29.1 Å². The van der Waals surface area contributed by atoms with Crippen molar-refractivity contribution in [1.82, 2.24) is 14.8 Å². The van der Waals surface area contributed by atoms with Gasteiger partial charge < -0.3 is 5.32 Å². The summed E-state index contributed by atoms with van der Waals surface area (Å²) in [6, 6.07) is 8.05. The third-order valence-electron chi connectivity index (χ3n) is 2.53. The van der Waals surface area contributed by atoms with Gasteiger partial charge in [0.05, 0.1) is 16.8 Å². The van der Waals surface area contributed by atoms with E-state index >= 15 is 0 Å². The van der Waals surface area contributed by atoms with Crippen LogP contribution in [0, 0.1) is 0 Å². The van der Waals surface area contributed by atoms with E-state index in [1.165, 1.54) is 4.70 Å². The van der Waals surface area contributed by atoms with Crippen LogP contribution in [0.25, 0.3) is 10.2 Å². The fraction of sp³-hybridized carbons (Fsp3) is 0.167. The SMILES string of the molecule is Brc1ccc2nc(NCCn3cccn3)sc2c1. The maximum Gasteiger partial charge on any atom is 0.183 e. The lowest BCUT2D eigenvalue weighted by Gasteiger charge is -2.02. The molecule has 3 aromatic rings. The molecule has 92 valence electrons. The summed E-state index contributed by atoms with van der Waals surface area (Å²) in [7, 11) is 0. The van der Waals surface area contributed by atoms with Gasteiger partial charge in [-0.3, -0.25) is 4.68 Å². The third-order valence-corrected chi connectivity index (χ3v) is 4.00. The van der Waals surface area contributed by atoms with E-state index in [2.05, 4.69) is 37.4 Å². The highest BCUT2D eigenvalue weighted by Gasteiger charge is 2.03. The molecule has 0 fully saturated rings. The van der Waals surface area contributed by atoms with Crippen LogP contribution in [0.15, 0.2) is 41.1 Å². The zero-order chi connectivity index (χ0) is 12.4. The molecule has 0 saturated heterocycles. The predicted molar refractivity (Wildman–Crippen MR) is 78.0 cm³/mol. The summed E-state index contributed by atoms with van der Waals surface area (Å²) in [6.45, 7) is 1.66. The number of halogens is 1. The monoisotopic (exact) mass is 322 g/mol. The van der Waals surface area contributed by atoms with Crippen LogP contribution < -0.4 is 5.32 Å². The van der Waals surface area contributed by atoms with Crippen LogP contribution in [0.4, 0.5) is 5.13 Å². The van der Waals surface area contributed by atoms with Crippen LogP contribution >= 0.6 is 27.3 Å². The molecule has 0 aliphatic rings. The lowest BCUT2D eigenvalue weighted by atomic mass is 10.3. The molecule has 6 heteroatoms. The molecule has 0 spiro atoms. The van der Waals surface area contributed by atoms with Gasteiger partial charge in [0, 0.05) is 23.4 Å². The molecule has 2 aromatic heterocycles. The summed E-state index contributed by atoms with van der Waals surface area (Å²) in [5.41, 5.74) is 1.03. The number of thiazole rings is 1. The second kappa shape index (κ2) is 5.07. The van der Waals surface area contributed by atoms with Crippen LogP contribution in [0.3, 0.4) is 0 Å². The van der Waals surface area contributed by atoms with Crippen LogP contribution in [0.1, 0.15) is 0 Å². The van der Waals surface area contributed by atoms with E-state index < -0.39 is 0 Å². The number of anilines is 1. The van der Waals surface area contributed by atoms with Gasteiger partial charge in [-0.05, 0) is 24.3 Å². The molecule has 0 unspecified atom stereocenters.